The number of rotatable bonds is 5. The maximum Gasteiger partial charge on any atom is 0.394 e. The zero-order valence-electron chi connectivity index (χ0n) is 9.50. The van der Waals surface area contributed by atoms with Gasteiger partial charge in [-0.15, -0.1) is 0 Å². The minimum absolute atomic E-state index is 0.262. The van der Waals surface area contributed by atoms with E-state index in [4.69, 9.17) is 16.0 Å². The Hall–Kier alpha value is -2.28. The molecular weight excluding hydrogens is 218 g/mol. The number of ether oxygens (including phenoxy) is 2. The zero-order chi connectivity index (χ0) is 12.5. The summed E-state index contributed by atoms with van der Waals surface area (Å²) in [5.74, 6) is 0.0896. The van der Waals surface area contributed by atoms with E-state index >= 15 is 0 Å². The molecule has 1 aromatic carbocycles. The average Bonchev–Trinajstić information content (AvgIpc) is 2.36. The molecule has 0 aromatic heterocycles. The van der Waals surface area contributed by atoms with Gasteiger partial charge in [-0.25, -0.2) is 11.4 Å². The van der Waals surface area contributed by atoms with Gasteiger partial charge in [-0.2, -0.15) is 0 Å². The molecule has 0 N–H and O–H groups in total. The normalized spacial score (nSPS) is 11.8. The molecule has 4 heteroatoms. The van der Waals surface area contributed by atoms with Crippen LogP contribution in [0.3, 0.4) is 0 Å². The highest BCUT2D eigenvalue weighted by Crippen LogP contribution is 2.09. The molecule has 0 spiro atoms. The van der Waals surface area contributed by atoms with Gasteiger partial charge < -0.3 is 9.47 Å². The van der Waals surface area contributed by atoms with Crippen molar-refractivity contribution in [1.29, 1.82) is 0 Å². The fourth-order valence-corrected chi connectivity index (χ4v) is 1.09. The van der Waals surface area contributed by atoms with E-state index in [-0.39, 0.29) is 6.61 Å². The summed E-state index contributed by atoms with van der Waals surface area (Å²) in [4.78, 5) is 14.4. The standard InChI is InChI=1S/C13H13NO3/c1-3-16-13(15)12(14-2)9-10-17-11-7-5-4-6-8-11/h4-10,12H,3H2,1H3/b10-9+. The molecule has 0 aliphatic heterocycles. The van der Waals surface area contributed by atoms with E-state index in [1.54, 1.807) is 19.1 Å². The Morgan fingerprint density at radius 2 is 2.18 bits per heavy atom. The number of nitrogens with zero attached hydrogens (tertiary/aromatic N) is 1. The molecule has 1 rings (SSSR count). The molecule has 0 saturated heterocycles. The van der Waals surface area contributed by atoms with Gasteiger partial charge >= 0.3 is 12.0 Å². The lowest BCUT2D eigenvalue weighted by Crippen LogP contribution is -2.17. The number of hydrogen-bond donors (Lipinski definition) is 0. The van der Waals surface area contributed by atoms with Crippen LogP contribution in [-0.2, 0) is 9.53 Å². The predicted octanol–water partition coefficient (Wildman–Crippen LogP) is 2.43. The molecule has 0 fully saturated rings. The molecule has 0 aliphatic carbocycles. The Kier molecular flexibility index (Phi) is 5.32. The molecule has 1 unspecified atom stereocenters. The van der Waals surface area contributed by atoms with E-state index < -0.39 is 12.0 Å². The van der Waals surface area contributed by atoms with E-state index in [0.29, 0.717) is 5.75 Å². The van der Waals surface area contributed by atoms with Crippen LogP contribution in [0.2, 0.25) is 0 Å². The first-order chi connectivity index (χ1) is 8.27. The lowest BCUT2D eigenvalue weighted by Gasteiger charge is -2.01. The van der Waals surface area contributed by atoms with Crippen LogP contribution in [0.4, 0.5) is 0 Å². The van der Waals surface area contributed by atoms with Crippen molar-refractivity contribution in [3.05, 3.63) is 54.1 Å². The summed E-state index contributed by atoms with van der Waals surface area (Å²) in [5.41, 5.74) is 0. The van der Waals surface area contributed by atoms with Crippen molar-refractivity contribution in [3.63, 3.8) is 0 Å². The van der Waals surface area contributed by atoms with Crippen molar-refractivity contribution >= 4 is 5.97 Å². The van der Waals surface area contributed by atoms with E-state index in [2.05, 4.69) is 4.85 Å². The van der Waals surface area contributed by atoms with Gasteiger partial charge in [-0.3, -0.25) is 4.85 Å². The lowest BCUT2D eigenvalue weighted by molar-refractivity contribution is -0.142. The molecule has 0 bridgehead atoms. The van der Waals surface area contributed by atoms with E-state index in [9.17, 15) is 4.79 Å². The highest BCUT2D eigenvalue weighted by Gasteiger charge is 2.21. The third kappa shape index (κ3) is 4.39. The Labute approximate surface area is 100 Å². The summed E-state index contributed by atoms with van der Waals surface area (Å²) in [7, 11) is 0. The van der Waals surface area contributed by atoms with Crippen molar-refractivity contribution in [2.75, 3.05) is 6.61 Å². The number of carbonyl (C=O) groups excluding carboxylic acids is 1. The Bertz CT molecular complexity index is 420. The summed E-state index contributed by atoms with van der Waals surface area (Å²) in [6, 6.07) is 8.15. The van der Waals surface area contributed by atoms with Crippen LogP contribution in [0.5, 0.6) is 5.75 Å². The maximum atomic E-state index is 11.3. The number of hydrogen-bond acceptors (Lipinski definition) is 3. The Morgan fingerprint density at radius 3 is 2.76 bits per heavy atom. The molecule has 0 saturated carbocycles. The molecule has 0 radical (unpaired) electrons. The first-order valence-electron chi connectivity index (χ1n) is 5.19. The van der Waals surface area contributed by atoms with Crippen LogP contribution in [0.1, 0.15) is 6.92 Å². The third-order valence-electron chi connectivity index (χ3n) is 1.88. The number of carbonyl (C=O) groups is 1. The molecule has 1 atom stereocenters. The molecule has 0 heterocycles. The first kappa shape index (κ1) is 12.8. The minimum atomic E-state index is -0.946. The van der Waals surface area contributed by atoms with E-state index in [0.717, 1.165) is 0 Å². The Balaban J connectivity index is 2.52. The number of benzene rings is 1. The van der Waals surface area contributed by atoms with E-state index in [1.807, 2.05) is 18.2 Å². The maximum absolute atomic E-state index is 11.3. The van der Waals surface area contributed by atoms with Gasteiger partial charge in [0.1, 0.15) is 5.75 Å². The quantitative estimate of drug-likeness (QED) is 0.444. The SMILES string of the molecule is [C-]#[N+]C(/C=C/Oc1ccccc1)C(=O)OCC. The number of para-hydroxylation sites is 1. The van der Waals surface area contributed by atoms with Crippen molar-refractivity contribution in [2.24, 2.45) is 0 Å². The van der Waals surface area contributed by atoms with Crippen molar-refractivity contribution in [2.45, 2.75) is 13.0 Å². The lowest BCUT2D eigenvalue weighted by atomic mass is 10.3. The van der Waals surface area contributed by atoms with Gasteiger partial charge in [-0.05, 0) is 19.1 Å². The fraction of sp³-hybridized carbons (Fsp3) is 0.231. The van der Waals surface area contributed by atoms with Gasteiger partial charge in [0, 0.05) is 6.08 Å². The summed E-state index contributed by atoms with van der Waals surface area (Å²) < 4.78 is 9.97. The van der Waals surface area contributed by atoms with E-state index in [1.165, 1.54) is 12.3 Å². The van der Waals surface area contributed by atoms with Crippen LogP contribution in [-0.4, -0.2) is 18.6 Å². The zero-order valence-corrected chi connectivity index (χ0v) is 9.50. The van der Waals surface area contributed by atoms with Gasteiger partial charge in [0.2, 0.25) is 0 Å². The first-order valence-corrected chi connectivity index (χ1v) is 5.19. The molecule has 0 aliphatic rings. The summed E-state index contributed by atoms with van der Waals surface area (Å²) >= 11 is 0. The second-order valence-corrected chi connectivity index (χ2v) is 3.09. The van der Waals surface area contributed by atoms with Crippen LogP contribution in [0.15, 0.2) is 42.7 Å². The highest BCUT2D eigenvalue weighted by molar-refractivity contribution is 5.79. The molecule has 17 heavy (non-hydrogen) atoms. The highest BCUT2D eigenvalue weighted by atomic mass is 16.5. The Morgan fingerprint density at radius 1 is 1.47 bits per heavy atom. The minimum Gasteiger partial charge on any atom is -0.465 e. The molecule has 88 valence electrons. The van der Waals surface area contributed by atoms with Crippen molar-refractivity contribution in [3.8, 4) is 5.75 Å². The second kappa shape index (κ2) is 7.07. The second-order valence-electron chi connectivity index (χ2n) is 3.09. The van der Waals surface area contributed by atoms with Gasteiger partial charge in [0.15, 0.2) is 0 Å². The molecule has 0 amide bonds. The molecule has 4 nitrogen and oxygen atoms in total. The summed E-state index contributed by atoms with van der Waals surface area (Å²) in [6.45, 7) is 8.83. The van der Waals surface area contributed by atoms with Crippen LogP contribution in [0.25, 0.3) is 4.85 Å². The topological polar surface area (TPSA) is 39.9 Å². The number of esters is 1. The van der Waals surface area contributed by atoms with Crippen molar-refractivity contribution < 1.29 is 14.3 Å². The van der Waals surface area contributed by atoms with Crippen LogP contribution < -0.4 is 4.74 Å². The van der Waals surface area contributed by atoms with Gasteiger partial charge in [-0.1, -0.05) is 18.2 Å². The smallest absolute Gasteiger partial charge is 0.394 e. The van der Waals surface area contributed by atoms with Crippen LogP contribution in [0, 0.1) is 6.57 Å². The summed E-state index contributed by atoms with van der Waals surface area (Å²) in [6.07, 6.45) is 2.70. The van der Waals surface area contributed by atoms with Gasteiger partial charge in [0.05, 0.1) is 12.9 Å². The average molecular weight is 231 g/mol. The molecule has 1 aromatic rings. The largest absolute Gasteiger partial charge is 0.465 e. The van der Waals surface area contributed by atoms with Gasteiger partial charge in [0.25, 0.3) is 0 Å². The summed E-state index contributed by atoms with van der Waals surface area (Å²) in [5, 5.41) is 0. The molecular formula is C13H13NO3. The fourth-order valence-electron chi connectivity index (χ4n) is 1.09. The van der Waals surface area contributed by atoms with Crippen LogP contribution >= 0.6 is 0 Å². The monoisotopic (exact) mass is 231 g/mol. The third-order valence-corrected chi connectivity index (χ3v) is 1.88. The van der Waals surface area contributed by atoms with Crippen molar-refractivity contribution in [1.82, 2.24) is 0 Å². The predicted molar refractivity (Wildman–Crippen MR) is 63.2 cm³/mol.